The number of hydrogen-bond acceptors (Lipinski definition) is 6. The van der Waals surface area contributed by atoms with Crippen molar-refractivity contribution >= 4 is 22.8 Å². The van der Waals surface area contributed by atoms with Crippen LogP contribution in [0.3, 0.4) is 0 Å². The van der Waals surface area contributed by atoms with E-state index in [0.717, 1.165) is 41.2 Å². The highest BCUT2D eigenvalue weighted by molar-refractivity contribution is 6.05. The van der Waals surface area contributed by atoms with Crippen molar-refractivity contribution in [2.24, 2.45) is 5.41 Å². The van der Waals surface area contributed by atoms with Crippen LogP contribution in [0.1, 0.15) is 46.7 Å². The van der Waals surface area contributed by atoms with Gasteiger partial charge in [-0.25, -0.2) is 4.98 Å². The van der Waals surface area contributed by atoms with Crippen molar-refractivity contribution in [2.75, 3.05) is 26.2 Å². The standard InChI is InChI=1S/C29H33N7O3/c1-20-31-25-5-2-4-24(26(25)32-20)27(37)35-15-11-29(12-16-35)18-22-19-36(34-33-22)14-3-17-39-23-8-6-21(7-9-23)10-13-30-28(29)38/h2,4-9,19H,3,10-18H2,1H3,(H,30,38)(H,31,32). The number of hydrogen-bond donors (Lipinski definition) is 2. The molecule has 10 heteroatoms. The molecule has 0 unspecified atom stereocenters. The maximum absolute atomic E-state index is 13.7. The highest BCUT2D eigenvalue weighted by Gasteiger charge is 2.43. The Hall–Kier alpha value is -4.21. The van der Waals surface area contributed by atoms with Crippen LogP contribution in [0.15, 0.2) is 48.7 Å². The zero-order valence-corrected chi connectivity index (χ0v) is 22.2. The van der Waals surface area contributed by atoms with Crippen LogP contribution in [0.4, 0.5) is 0 Å². The number of piperidine rings is 1. The zero-order valence-electron chi connectivity index (χ0n) is 22.2. The minimum absolute atomic E-state index is 0.0125. The van der Waals surface area contributed by atoms with Gasteiger partial charge in [0.05, 0.1) is 28.8 Å². The number of aryl methyl sites for hydroxylation is 2. The molecule has 0 atom stereocenters. The molecule has 2 N–H and O–H groups in total. The van der Waals surface area contributed by atoms with E-state index < -0.39 is 5.41 Å². The number of fused-ring (bicyclic) bond motifs is 9. The van der Waals surface area contributed by atoms with Crippen LogP contribution in [0.5, 0.6) is 5.75 Å². The molecule has 10 nitrogen and oxygen atoms in total. The Kier molecular flexibility index (Phi) is 6.76. The lowest BCUT2D eigenvalue weighted by atomic mass is 9.73. The second kappa shape index (κ2) is 10.5. The summed E-state index contributed by atoms with van der Waals surface area (Å²) in [5.74, 6) is 1.57. The third-order valence-electron chi connectivity index (χ3n) is 7.88. The number of amides is 2. The normalized spacial score (nSPS) is 18.1. The van der Waals surface area contributed by atoms with Gasteiger partial charge in [-0.1, -0.05) is 23.4 Å². The van der Waals surface area contributed by atoms with E-state index in [2.05, 4.69) is 25.6 Å². The minimum atomic E-state index is -0.659. The van der Waals surface area contributed by atoms with E-state index in [1.165, 1.54) is 0 Å². The summed E-state index contributed by atoms with van der Waals surface area (Å²) in [7, 11) is 0. The molecule has 2 aromatic heterocycles. The van der Waals surface area contributed by atoms with Gasteiger partial charge in [-0.2, -0.15) is 0 Å². The molecule has 202 valence electrons. The molecule has 3 aliphatic heterocycles. The van der Waals surface area contributed by atoms with E-state index in [1.807, 2.05) is 65.2 Å². The summed E-state index contributed by atoms with van der Waals surface area (Å²) in [6, 6.07) is 13.7. The fraction of sp³-hybridized carbons (Fsp3) is 0.414. The highest BCUT2D eigenvalue weighted by Crippen LogP contribution is 2.36. The van der Waals surface area contributed by atoms with E-state index in [4.69, 9.17) is 4.74 Å². The van der Waals surface area contributed by atoms with E-state index in [1.54, 1.807) is 0 Å². The maximum atomic E-state index is 13.7. The first kappa shape index (κ1) is 25.1. The van der Waals surface area contributed by atoms with Gasteiger partial charge in [0.1, 0.15) is 17.1 Å². The molecule has 0 saturated carbocycles. The van der Waals surface area contributed by atoms with Crippen molar-refractivity contribution in [3.63, 3.8) is 0 Å². The summed E-state index contributed by atoms with van der Waals surface area (Å²) >= 11 is 0. The van der Waals surface area contributed by atoms with Gasteiger partial charge in [0, 0.05) is 45.2 Å². The lowest BCUT2D eigenvalue weighted by Gasteiger charge is -2.40. The summed E-state index contributed by atoms with van der Waals surface area (Å²) in [6.45, 7) is 4.67. The fourth-order valence-corrected chi connectivity index (χ4v) is 5.67. The molecule has 39 heavy (non-hydrogen) atoms. The van der Waals surface area contributed by atoms with Gasteiger partial charge < -0.3 is 19.9 Å². The van der Waals surface area contributed by atoms with Crippen LogP contribution < -0.4 is 10.1 Å². The van der Waals surface area contributed by atoms with Crippen LogP contribution in [0.2, 0.25) is 0 Å². The number of nitrogens with zero attached hydrogens (tertiary/aromatic N) is 5. The average Bonchev–Trinajstić information content (AvgIpc) is 3.56. The monoisotopic (exact) mass is 527 g/mol. The number of benzene rings is 2. The Balaban J connectivity index is 1.21. The molecule has 2 aromatic carbocycles. The van der Waals surface area contributed by atoms with Crippen LogP contribution in [-0.4, -0.2) is 67.9 Å². The molecule has 0 aliphatic carbocycles. The van der Waals surface area contributed by atoms with Crippen LogP contribution in [0.25, 0.3) is 11.0 Å². The minimum Gasteiger partial charge on any atom is -0.494 e. The summed E-state index contributed by atoms with van der Waals surface area (Å²) < 4.78 is 7.67. The van der Waals surface area contributed by atoms with Crippen LogP contribution >= 0.6 is 0 Å². The van der Waals surface area contributed by atoms with Crippen molar-refractivity contribution in [1.82, 2.24) is 35.2 Å². The number of likely N-dealkylation sites (tertiary alicyclic amines) is 1. The smallest absolute Gasteiger partial charge is 0.256 e. The highest BCUT2D eigenvalue weighted by atomic mass is 16.5. The predicted octanol–water partition coefficient (Wildman–Crippen LogP) is 3.07. The van der Waals surface area contributed by atoms with Gasteiger partial charge in [-0.15, -0.1) is 5.10 Å². The zero-order chi connectivity index (χ0) is 26.8. The molecular formula is C29H33N7O3. The third-order valence-corrected chi connectivity index (χ3v) is 7.88. The molecule has 3 aliphatic rings. The largest absolute Gasteiger partial charge is 0.494 e. The van der Waals surface area contributed by atoms with Gasteiger partial charge in [0.2, 0.25) is 5.91 Å². The lowest BCUT2D eigenvalue weighted by Crippen LogP contribution is -2.51. The number of para-hydroxylation sites is 1. The van der Waals surface area contributed by atoms with E-state index in [-0.39, 0.29) is 11.8 Å². The number of nitrogens with one attached hydrogen (secondary N) is 2. The van der Waals surface area contributed by atoms with Crippen molar-refractivity contribution in [3.05, 3.63) is 71.3 Å². The molecular weight excluding hydrogens is 494 g/mol. The Morgan fingerprint density at radius 3 is 2.72 bits per heavy atom. The molecule has 0 radical (unpaired) electrons. The number of rotatable bonds is 1. The van der Waals surface area contributed by atoms with E-state index in [9.17, 15) is 9.59 Å². The first-order chi connectivity index (χ1) is 19.0. The first-order valence-electron chi connectivity index (χ1n) is 13.6. The first-order valence-corrected chi connectivity index (χ1v) is 13.6. The topological polar surface area (TPSA) is 118 Å². The van der Waals surface area contributed by atoms with Gasteiger partial charge in [-0.3, -0.25) is 14.3 Å². The molecule has 1 spiro atoms. The lowest BCUT2D eigenvalue weighted by molar-refractivity contribution is -0.133. The molecule has 1 saturated heterocycles. The number of aromatic amines is 1. The quantitative estimate of drug-likeness (QED) is 0.393. The van der Waals surface area contributed by atoms with Crippen LogP contribution in [-0.2, 0) is 24.2 Å². The van der Waals surface area contributed by atoms with Crippen molar-refractivity contribution in [3.8, 4) is 5.75 Å². The molecule has 5 heterocycles. The Morgan fingerprint density at radius 1 is 1.08 bits per heavy atom. The summed E-state index contributed by atoms with van der Waals surface area (Å²) in [5.41, 5.74) is 3.40. The van der Waals surface area contributed by atoms with E-state index >= 15 is 0 Å². The van der Waals surface area contributed by atoms with Gasteiger partial charge >= 0.3 is 0 Å². The van der Waals surface area contributed by atoms with Gasteiger partial charge in [0.15, 0.2) is 0 Å². The van der Waals surface area contributed by atoms with Crippen molar-refractivity contribution < 1.29 is 14.3 Å². The number of H-pyrrole nitrogens is 1. The molecule has 7 rings (SSSR count). The van der Waals surface area contributed by atoms with Gasteiger partial charge in [0.25, 0.3) is 5.91 Å². The van der Waals surface area contributed by atoms with E-state index in [0.29, 0.717) is 63.1 Å². The molecule has 4 bridgehead atoms. The molecule has 4 aromatic rings. The van der Waals surface area contributed by atoms with Crippen LogP contribution in [0, 0.1) is 12.3 Å². The second-order valence-corrected chi connectivity index (χ2v) is 10.6. The number of imidazole rings is 1. The summed E-state index contributed by atoms with van der Waals surface area (Å²) in [4.78, 5) is 36.9. The predicted molar refractivity (Wildman–Crippen MR) is 145 cm³/mol. The Labute approximate surface area is 226 Å². The number of aromatic nitrogens is 5. The third kappa shape index (κ3) is 5.23. The molecule has 1 fully saturated rings. The Bertz CT molecular complexity index is 1480. The van der Waals surface area contributed by atoms with Crippen molar-refractivity contribution in [2.45, 2.75) is 45.6 Å². The Morgan fingerprint density at radius 2 is 1.90 bits per heavy atom. The summed E-state index contributed by atoms with van der Waals surface area (Å²) in [6.07, 6.45) is 5.05. The second-order valence-electron chi connectivity index (χ2n) is 10.6. The fourth-order valence-electron chi connectivity index (χ4n) is 5.67. The number of ether oxygens (including phenoxy) is 1. The number of carbonyl (C=O) groups excluding carboxylic acids is 2. The molecule has 2 amide bonds. The average molecular weight is 528 g/mol. The van der Waals surface area contributed by atoms with Crippen molar-refractivity contribution in [1.29, 1.82) is 0 Å². The SMILES string of the molecule is Cc1nc2c(C(=O)N3CCC4(CC3)Cc3cn(nn3)CCCOc3ccc(cc3)CCNC4=O)cccc2[nH]1. The van der Waals surface area contributed by atoms with Gasteiger partial charge in [-0.05, 0) is 56.0 Å². The summed E-state index contributed by atoms with van der Waals surface area (Å²) in [5, 5.41) is 11.9. The number of carbonyl (C=O) groups is 2. The maximum Gasteiger partial charge on any atom is 0.256 e.